The van der Waals surface area contributed by atoms with E-state index in [4.69, 9.17) is 4.74 Å². The zero-order valence-electron chi connectivity index (χ0n) is 11.1. The maximum Gasteiger partial charge on any atom is 0.256 e. The Bertz CT molecular complexity index is 268. The first-order chi connectivity index (χ1) is 7.88. The van der Waals surface area contributed by atoms with Crippen LogP contribution in [0.25, 0.3) is 0 Å². The van der Waals surface area contributed by atoms with Crippen LogP contribution in [0.2, 0.25) is 0 Å². The van der Waals surface area contributed by atoms with Crippen LogP contribution in [0.5, 0.6) is 0 Å². The zero-order chi connectivity index (χ0) is 13.1. The van der Waals surface area contributed by atoms with E-state index in [0.717, 1.165) is 12.3 Å². The van der Waals surface area contributed by atoms with E-state index in [-0.39, 0.29) is 12.5 Å². The number of amides is 1. The molecule has 0 aromatic heterocycles. The van der Waals surface area contributed by atoms with E-state index < -0.39 is 5.60 Å². The number of methoxy groups -OCH3 is 1. The number of ether oxygens (including phenoxy) is 1. The molecule has 5 heteroatoms. The van der Waals surface area contributed by atoms with Gasteiger partial charge >= 0.3 is 0 Å². The average Bonchev–Trinajstić information content (AvgIpc) is 2.28. The molecular formula is C12H23NO3S. The van der Waals surface area contributed by atoms with Gasteiger partial charge in [-0.2, -0.15) is 11.8 Å². The highest BCUT2D eigenvalue weighted by molar-refractivity contribution is 8.00. The summed E-state index contributed by atoms with van der Waals surface area (Å²) in [7, 11) is 1.49. The van der Waals surface area contributed by atoms with Crippen molar-refractivity contribution in [2.75, 3.05) is 32.6 Å². The van der Waals surface area contributed by atoms with Gasteiger partial charge in [-0.15, -0.1) is 0 Å². The van der Waals surface area contributed by atoms with E-state index in [1.165, 1.54) is 14.0 Å². The lowest BCUT2D eigenvalue weighted by atomic mass is 10.0. The van der Waals surface area contributed by atoms with Gasteiger partial charge in [0, 0.05) is 31.2 Å². The molecule has 0 saturated carbocycles. The van der Waals surface area contributed by atoms with Crippen molar-refractivity contribution in [2.24, 2.45) is 5.92 Å². The Morgan fingerprint density at radius 1 is 1.65 bits per heavy atom. The number of aliphatic hydroxyl groups is 1. The summed E-state index contributed by atoms with van der Waals surface area (Å²) in [5.74, 6) is 1.27. The first-order valence-electron chi connectivity index (χ1n) is 6.00. The fraction of sp³-hybridized carbons (Fsp3) is 0.917. The predicted molar refractivity (Wildman–Crippen MR) is 70.2 cm³/mol. The maximum atomic E-state index is 12.2. The third kappa shape index (κ3) is 3.86. The van der Waals surface area contributed by atoms with E-state index >= 15 is 0 Å². The van der Waals surface area contributed by atoms with Crippen molar-refractivity contribution in [3.63, 3.8) is 0 Å². The molecule has 17 heavy (non-hydrogen) atoms. The zero-order valence-corrected chi connectivity index (χ0v) is 11.9. The molecule has 1 aliphatic heterocycles. The van der Waals surface area contributed by atoms with Crippen LogP contribution in [0.1, 0.15) is 20.8 Å². The minimum Gasteiger partial charge on any atom is -0.381 e. The lowest BCUT2D eigenvalue weighted by Gasteiger charge is -2.37. The van der Waals surface area contributed by atoms with Gasteiger partial charge in [0.15, 0.2) is 5.60 Å². The second-order valence-corrected chi connectivity index (χ2v) is 6.46. The quantitative estimate of drug-likeness (QED) is 0.820. The fourth-order valence-electron chi connectivity index (χ4n) is 1.95. The van der Waals surface area contributed by atoms with E-state index in [2.05, 4.69) is 13.8 Å². The Balaban J connectivity index is 2.63. The summed E-state index contributed by atoms with van der Waals surface area (Å²) < 4.78 is 4.89. The number of hydrogen-bond donors (Lipinski definition) is 1. The lowest BCUT2D eigenvalue weighted by molar-refractivity contribution is -0.154. The fourth-order valence-corrected chi connectivity index (χ4v) is 3.25. The first-order valence-corrected chi connectivity index (χ1v) is 7.05. The molecule has 2 atom stereocenters. The van der Waals surface area contributed by atoms with Crippen molar-refractivity contribution in [1.82, 2.24) is 4.90 Å². The standard InChI is InChI=1S/C12H23NO3S/c1-9(2)10-7-13(5-6-17-10)11(14)12(3,15)8-16-4/h9-10,15H,5-8H2,1-4H3/t10-,12-/m0/s1. The molecule has 100 valence electrons. The highest BCUT2D eigenvalue weighted by Gasteiger charge is 2.37. The molecular weight excluding hydrogens is 238 g/mol. The molecule has 1 rings (SSSR count). The van der Waals surface area contributed by atoms with Crippen molar-refractivity contribution in [2.45, 2.75) is 31.6 Å². The molecule has 1 amide bonds. The molecule has 0 spiro atoms. The molecule has 1 fully saturated rings. The van der Waals surface area contributed by atoms with Crippen LogP contribution >= 0.6 is 11.8 Å². The molecule has 1 saturated heterocycles. The smallest absolute Gasteiger partial charge is 0.256 e. The second kappa shape index (κ2) is 6.07. The van der Waals surface area contributed by atoms with Gasteiger partial charge in [-0.05, 0) is 12.8 Å². The van der Waals surface area contributed by atoms with E-state index in [1.54, 1.807) is 4.90 Å². The van der Waals surface area contributed by atoms with Crippen LogP contribution in [-0.4, -0.2) is 59.3 Å². The van der Waals surface area contributed by atoms with Gasteiger partial charge in [0.2, 0.25) is 0 Å². The first kappa shape index (κ1) is 14.8. The molecule has 0 aromatic rings. The SMILES string of the molecule is COC[C@](C)(O)C(=O)N1CCS[C@H](C(C)C)C1. The van der Waals surface area contributed by atoms with Crippen LogP contribution in [0.15, 0.2) is 0 Å². The second-order valence-electron chi connectivity index (χ2n) is 5.11. The van der Waals surface area contributed by atoms with E-state index in [9.17, 15) is 9.90 Å². The third-order valence-corrected chi connectivity index (χ3v) is 4.55. The van der Waals surface area contributed by atoms with Crippen molar-refractivity contribution in [3.8, 4) is 0 Å². The summed E-state index contributed by atoms with van der Waals surface area (Å²) in [6.45, 7) is 7.33. The van der Waals surface area contributed by atoms with Gasteiger partial charge in [0.1, 0.15) is 0 Å². The third-order valence-electron chi connectivity index (χ3n) is 3.01. The Labute approximate surface area is 108 Å². The lowest BCUT2D eigenvalue weighted by Crippen LogP contribution is -2.54. The predicted octanol–water partition coefficient (Wildman–Crippen LogP) is 0.984. The van der Waals surface area contributed by atoms with Gasteiger partial charge in [-0.1, -0.05) is 13.8 Å². The molecule has 0 radical (unpaired) electrons. The van der Waals surface area contributed by atoms with Gasteiger partial charge in [0.05, 0.1) is 6.61 Å². The van der Waals surface area contributed by atoms with Crippen LogP contribution in [0, 0.1) is 5.92 Å². The van der Waals surface area contributed by atoms with E-state index in [1.807, 2.05) is 11.8 Å². The van der Waals surface area contributed by atoms with Gasteiger partial charge in [-0.3, -0.25) is 4.79 Å². The van der Waals surface area contributed by atoms with Crippen molar-refractivity contribution in [1.29, 1.82) is 0 Å². The maximum absolute atomic E-state index is 12.2. The van der Waals surface area contributed by atoms with Gasteiger partial charge in [-0.25, -0.2) is 0 Å². The van der Waals surface area contributed by atoms with Crippen molar-refractivity contribution < 1.29 is 14.6 Å². The van der Waals surface area contributed by atoms with Crippen molar-refractivity contribution >= 4 is 17.7 Å². The van der Waals surface area contributed by atoms with Crippen LogP contribution in [-0.2, 0) is 9.53 Å². The summed E-state index contributed by atoms with van der Waals surface area (Å²) in [6, 6.07) is 0. The highest BCUT2D eigenvalue weighted by atomic mass is 32.2. The molecule has 1 N–H and O–H groups in total. The number of nitrogens with zero attached hydrogens (tertiary/aromatic N) is 1. The molecule has 0 aromatic carbocycles. The van der Waals surface area contributed by atoms with Crippen molar-refractivity contribution in [3.05, 3.63) is 0 Å². The van der Waals surface area contributed by atoms with Gasteiger partial charge < -0.3 is 14.7 Å². The molecule has 0 bridgehead atoms. The average molecular weight is 261 g/mol. The van der Waals surface area contributed by atoms with Crippen LogP contribution in [0.3, 0.4) is 0 Å². The Kier molecular flexibility index (Phi) is 5.28. The summed E-state index contributed by atoms with van der Waals surface area (Å²) >= 11 is 1.91. The molecule has 4 nitrogen and oxygen atoms in total. The largest absolute Gasteiger partial charge is 0.381 e. The Morgan fingerprint density at radius 2 is 2.29 bits per heavy atom. The van der Waals surface area contributed by atoms with Gasteiger partial charge in [0.25, 0.3) is 5.91 Å². The number of hydrogen-bond acceptors (Lipinski definition) is 4. The van der Waals surface area contributed by atoms with Crippen LogP contribution < -0.4 is 0 Å². The minimum atomic E-state index is -1.40. The van der Waals surface area contributed by atoms with Crippen LogP contribution in [0.4, 0.5) is 0 Å². The molecule has 0 aliphatic carbocycles. The topological polar surface area (TPSA) is 49.8 Å². The number of carbonyl (C=O) groups is 1. The summed E-state index contributed by atoms with van der Waals surface area (Å²) in [5, 5.41) is 10.5. The normalized spacial score (nSPS) is 24.8. The summed E-state index contributed by atoms with van der Waals surface area (Å²) in [4.78, 5) is 13.9. The minimum absolute atomic E-state index is 0.0435. The monoisotopic (exact) mass is 261 g/mol. The number of carbonyl (C=O) groups excluding carboxylic acids is 1. The highest BCUT2D eigenvalue weighted by Crippen LogP contribution is 2.26. The number of thioether (sulfide) groups is 1. The molecule has 1 heterocycles. The number of rotatable bonds is 4. The summed E-state index contributed by atoms with van der Waals surface area (Å²) in [6.07, 6.45) is 0. The Morgan fingerprint density at radius 3 is 2.82 bits per heavy atom. The summed E-state index contributed by atoms with van der Waals surface area (Å²) in [5.41, 5.74) is -1.40. The van der Waals surface area contributed by atoms with E-state index in [0.29, 0.717) is 17.7 Å². The molecule has 1 aliphatic rings. The Hall–Kier alpha value is -0.260. The molecule has 0 unspecified atom stereocenters.